The molecule has 1 N–H and O–H groups in total. The highest BCUT2D eigenvalue weighted by Crippen LogP contribution is 2.29. The van der Waals surface area contributed by atoms with Gasteiger partial charge in [-0.1, -0.05) is 12.8 Å². The van der Waals surface area contributed by atoms with Crippen LogP contribution in [0, 0.1) is 11.8 Å². The van der Waals surface area contributed by atoms with E-state index in [4.69, 9.17) is 4.74 Å². The Morgan fingerprint density at radius 2 is 1.74 bits per heavy atom. The Labute approximate surface area is 161 Å². The molecular formula is C22H30N2O3. The second-order valence-electron chi connectivity index (χ2n) is 8.36. The second-order valence-corrected chi connectivity index (χ2v) is 8.36. The summed E-state index contributed by atoms with van der Waals surface area (Å²) in [6.07, 6.45) is 8.89. The molecule has 1 aromatic rings. The number of nitrogens with one attached hydrogen (secondary N) is 1. The van der Waals surface area contributed by atoms with Crippen LogP contribution in [0.3, 0.4) is 0 Å². The van der Waals surface area contributed by atoms with Crippen molar-refractivity contribution < 1.29 is 14.3 Å². The maximum Gasteiger partial charge on any atom is 0.251 e. The average molecular weight is 370 g/mol. The number of likely N-dealkylation sites (tertiary alicyclic amines) is 1. The standard InChI is InChI=1S/C22H30N2O3/c25-21(23-19-9-10-19)17-7-11-20(12-8-17)27-15-16-4-3-13-24(14-16)22(26)18-5-1-2-6-18/h7-8,11-12,16,18-19H,1-6,9-10,13-15H2,(H,23,25). The van der Waals surface area contributed by atoms with Crippen molar-refractivity contribution in [1.29, 1.82) is 0 Å². The lowest BCUT2D eigenvalue weighted by atomic mass is 9.96. The van der Waals surface area contributed by atoms with E-state index in [-0.39, 0.29) is 11.8 Å². The number of rotatable bonds is 6. The molecule has 3 aliphatic rings. The van der Waals surface area contributed by atoms with Gasteiger partial charge in [-0.2, -0.15) is 0 Å². The summed E-state index contributed by atoms with van der Waals surface area (Å²) in [6.45, 7) is 2.34. The first-order valence-electron chi connectivity index (χ1n) is 10.5. The van der Waals surface area contributed by atoms with Crippen LogP contribution in [-0.2, 0) is 4.79 Å². The Kier molecular flexibility index (Phi) is 5.65. The average Bonchev–Trinajstić information content (AvgIpc) is 3.35. The maximum atomic E-state index is 12.6. The SMILES string of the molecule is O=C(NC1CC1)c1ccc(OCC2CCCN(C(=O)C3CCCC3)C2)cc1. The molecule has 5 heteroatoms. The van der Waals surface area contributed by atoms with Gasteiger partial charge in [-0.25, -0.2) is 0 Å². The van der Waals surface area contributed by atoms with Crippen molar-refractivity contribution in [3.8, 4) is 5.75 Å². The summed E-state index contributed by atoms with van der Waals surface area (Å²) in [5, 5.41) is 2.99. The number of amides is 2. The molecule has 0 bridgehead atoms. The molecule has 146 valence electrons. The molecule has 4 rings (SSSR count). The fourth-order valence-corrected chi connectivity index (χ4v) is 4.25. The Hall–Kier alpha value is -2.04. The molecule has 3 fully saturated rings. The minimum atomic E-state index is -0.00241. The Morgan fingerprint density at radius 3 is 2.44 bits per heavy atom. The summed E-state index contributed by atoms with van der Waals surface area (Å²) in [6, 6.07) is 7.75. The third kappa shape index (κ3) is 4.82. The van der Waals surface area contributed by atoms with Gasteiger partial charge < -0.3 is 15.0 Å². The summed E-state index contributed by atoms with van der Waals surface area (Å²) in [7, 11) is 0. The highest BCUT2D eigenvalue weighted by molar-refractivity contribution is 5.94. The Bertz CT molecular complexity index is 663. The van der Waals surface area contributed by atoms with Gasteiger partial charge in [0.2, 0.25) is 5.91 Å². The lowest BCUT2D eigenvalue weighted by Crippen LogP contribution is -2.43. The molecule has 0 aromatic heterocycles. The summed E-state index contributed by atoms with van der Waals surface area (Å²) in [5.74, 6) is 1.80. The minimum Gasteiger partial charge on any atom is -0.493 e. The van der Waals surface area contributed by atoms with E-state index in [0.29, 0.717) is 30.0 Å². The lowest BCUT2D eigenvalue weighted by molar-refractivity contribution is -0.137. The van der Waals surface area contributed by atoms with Crippen molar-refractivity contribution in [2.75, 3.05) is 19.7 Å². The number of nitrogens with zero attached hydrogens (tertiary/aromatic N) is 1. The highest BCUT2D eigenvalue weighted by Gasteiger charge is 2.30. The van der Waals surface area contributed by atoms with Gasteiger partial charge in [-0.3, -0.25) is 9.59 Å². The first kappa shape index (κ1) is 18.3. The third-order valence-corrected chi connectivity index (χ3v) is 6.05. The fraction of sp³-hybridized carbons (Fsp3) is 0.636. The number of carbonyl (C=O) groups is 2. The summed E-state index contributed by atoms with van der Waals surface area (Å²) >= 11 is 0. The van der Waals surface area contributed by atoms with Crippen LogP contribution in [-0.4, -0.2) is 42.5 Å². The van der Waals surface area contributed by atoms with Crippen LogP contribution in [0.5, 0.6) is 5.75 Å². The molecule has 1 aliphatic heterocycles. The van der Waals surface area contributed by atoms with Gasteiger partial charge in [-0.05, 0) is 62.8 Å². The first-order valence-corrected chi connectivity index (χ1v) is 10.5. The highest BCUT2D eigenvalue weighted by atomic mass is 16.5. The molecule has 2 saturated carbocycles. The zero-order valence-corrected chi connectivity index (χ0v) is 16.0. The van der Waals surface area contributed by atoms with E-state index in [1.54, 1.807) is 0 Å². The van der Waals surface area contributed by atoms with Crippen molar-refractivity contribution in [2.24, 2.45) is 11.8 Å². The lowest BCUT2D eigenvalue weighted by Gasteiger charge is -2.34. The predicted molar refractivity (Wildman–Crippen MR) is 104 cm³/mol. The van der Waals surface area contributed by atoms with Crippen LogP contribution in [0.1, 0.15) is 61.7 Å². The van der Waals surface area contributed by atoms with E-state index in [1.807, 2.05) is 24.3 Å². The number of piperidine rings is 1. The van der Waals surface area contributed by atoms with E-state index in [0.717, 1.165) is 57.4 Å². The van der Waals surface area contributed by atoms with Crippen molar-refractivity contribution in [3.63, 3.8) is 0 Å². The van der Waals surface area contributed by atoms with Gasteiger partial charge in [0.05, 0.1) is 6.61 Å². The number of hydrogen-bond donors (Lipinski definition) is 1. The fourth-order valence-electron chi connectivity index (χ4n) is 4.25. The van der Waals surface area contributed by atoms with Crippen molar-refractivity contribution >= 4 is 11.8 Å². The van der Waals surface area contributed by atoms with Gasteiger partial charge in [0.15, 0.2) is 0 Å². The van der Waals surface area contributed by atoms with Crippen LogP contribution in [0.25, 0.3) is 0 Å². The second kappa shape index (κ2) is 8.32. The zero-order chi connectivity index (χ0) is 18.6. The van der Waals surface area contributed by atoms with Gasteiger partial charge in [0.1, 0.15) is 5.75 Å². The van der Waals surface area contributed by atoms with E-state index >= 15 is 0 Å². The third-order valence-electron chi connectivity index (χ3n) is 6.05. The van der Waals surface area contributed by atoms with Crippen molar-refractivity contribution in [3.05, 3.63) is 29.8 Å². The molecule has 0 radical (unpaired) electrons. The van der Waals surface area contributed by atoms with Gasteiger partial charge >= 0.3 is 0 Å². The molecule has 1 heterocycles. The molecular weight excluding hydrogens is 340 g/mol. The van der Waals surface area contributed by atoms with E-state index in [2.05, 4.69) is 10.2 Å². The topological polar surface area (TPSA) is 58.6 Å². The molecule has 1 saturated heterocycles. The largest absolute Gasteiger partial charge is 0.493 e. The Balaban J connectivity index is 1.25. The zero-order valence-electron chi connectivity index (χ0n) is 16.0. The number of ether oxygens (including phenoxy) is 1. The van der Waals surface area contributed by atoms with Gasteiger partial charge in [0.25, 0.3) is 5.91 Å². The maximum absolute atomic E-state index is 12.6. The molecule has 1 aromatic carbocycles. The molecule has 1 unspecified atom stereocenters. The number of carbonyl (C=O) groups excluding carboxylic acids is 2. The molecule has 5 nitrogen and oxygen atoms in total. The normalized spacial score (nSPS) is 23.3. The van der Waals surface area contributed by atoms with Crippen molar-refractivity contribution in [2.45, 2.75) is 57.4 Å². The Morgan fingerprint density at radius 1 is 1.00 bits per heavy atom. The molecule has 0 spiro atoms. The van der Waals surface area contributed by atoms with Crippen LogP contribution >= 0.6 is 0 Å². The van der Waals surface area contributed by atoms with Crippen LogP contribution in [0.15, 0.2) is 24.3 Å². The van der Waals surface area contributed by atoms with Gasteiger partial charge in [0, 0.05) is 36.5 Å². The smallest absolute Gasteiger partial charge is 0.251 e. The van der Waals surface area contributed by atoms with E-state index in [9.17, 15) is 9.59 Å². The van der Waals surface area contributed by atoms with E-state index < -0.39 is 0 Å². The van der Waals surface area contributed by atoms with Crippen molar-refractivity contribution in [1.82, 2.24) is 10.2 Å². The first-order chi connectivity index (χ1) is 13.2. The predicted octanol–water partition coefficient (Wildman–Crippen LogP) is 3.39. The summed E-state index contributed by atoms with van der Waals surface area (Å²) in [5.41, 5.74) is 0.681. The molecule has 2 amide bonds. The molecule has 27 heavy (non-hydrogen) atoms. The number of hydrogen-bond acceptors (Lipinski definition) is 3. The van der Waals surface area contributed by atoms with Crippen LogP contribution in [0.2, 0.25) is 0 Å². The summed E-state index contributed by atoms with van der Waals surface area (Å²) < 4.78 is 5.96. The summed E-state index contributed by atoms with van der Waals surface area (Å²) in [4.78, 5) is 26.7. The van der Waals surface area contributed by atoms with Crippen LogP contribution in [0.4, 0.5) is 0 Å². The van der Waals surface area contributed by atoms with Gasteiger partial charge in [-0.15, -0.1) is 0 Å². The number of benzene rings is 1. The quantitative estimate of drug-likeness (QED) is 0.835. The monoisotopic (exact) mass is 370 g/mol. The van der Waals surface area contributed by atoms with Crippen LogP contribution < -0.4 is 10.1 Å². The molecule has 2 aliphatic carbocycles. The minimum absolute atomic E-state index is 0.00241. The molecule has 1 atom stereocenters. The van der Waals surface area contributed by atoms with E-state index in [1.165, 1.54) is 12.8 Å².